The van der Waals surface area contributed by atoms with Gasteiger partial charge < -0.3 is 9.30 Å². The first-order valence-corrected chi connectivity index (χ1v) is 7.05. The Morgan fingerprint density at radius 3 is 2.90 bits per heavy atom. The molecule has 0 aromatic carbocycles. The van der Waals surface area contributed by atoms with Crippen LogP contribution in [0.1, 0.15) is 40.6 Å². The molecule has 1 aromatic rings. The lowest BCUT2D eigenvalue weighted by molar-refractivity contribution is 0.0397. The van der Waals surface area contributed by atoms with E-state index in [-0.39, 0.29) is 11.8 Å². The third-order valence-corrected chi connectivity index (χ3v) is 3.82. The largest absolute Gasteiger partial charge is 0.459 e. The van der Waals surface area contributed by atoms with Crippen LogP contribution in [-0.2, 0) is 11.8 Å². The van der Waals surface area contributed by atoms with Crippen molar-refractivity contribution in [2.24, 2.45) is 7.05 Å². The van der Waals surface area contributed by atoms with Gasteiger partial charge >= 0.3 is 5.97 Å². The normalized spacial score (nSPS) is 18.4. The van der Waals surface area contributed by atoms with E-state index in [1.807, 2.05) is 0 Å². The van der Waals surface area contributed by atoms with Gasteiger partial charge in [-0.25, -0.2) is 4.79 Å². The van der Waals surface area contributed by atoms with Crippen molar-refractivity contribution in [3.8, 4) is 12.3 Å². The zero-order valence-electron chi connectivity index (χ0n) is 12.5. The number of Topliss-reactive ketones (excluding diaryl/α,β-unsaturated/α-hetero) is 1. The van der Waals surface area contributed by atoms with Gasteiger partial charge in [-0.2, -0.15) is 0 Å². The standard InChI is InChI=1S/C16H20N2O3/c1-4-7-18-8-5-6-14(18)11-21-16(20)15-9-13(12(2)19)10-17(15)3/h1,9-10,14H,5-8,11H2,2-3H3/t14-/m1/s1. The second-order valence-corrected chi connectivity index (χ2v) is 5.35. The van der Waals surface area contributed by atoms with Crippen molar-refractivity contribution in [2.45, 2.75) is 25.8 Å². The SMILES string of the molecule is C#CCN1CCC[C@@H]1COC(=O)c1cc(C(C)=O)cn1C. The van der Waals surface area contributed by atoms with E-state index in [1.54, 1.807) is 23.9 Å². The van der Waals surface area contributed by atoms with E-state index in [0.29, 0.717) is 24.4 Å². The van der Waals surface area contributed by atoms with Crippen molar-refractivity contribution in [2.75, 3.05) is 19.7 Å². The van der Waals surface area contributed by atoms with Gasteiger partial charge in [0.15, 0.2) is 5.78 Å². The van der Waals surface area contributed by atoms with E-state index in [9.17, 15) is 9.59 Å². The van der Waals surface area contributed by atoms with Crippen LogP contribution in [0.15, 0.2) is 12.3 Å². The minimum Gasteiger partial charge on any atom is -0.459 e. The number of hydrogen-bond donors (Lipinski definition) is 0. The molecule has 0 bridgehead atoms. The second-order valence-electron chi connectivity index (χ2n) is 5.35. The Hall–Kier alpha value is -2.06. The van der Waals surface area contributed by atoms with Gasteiger partial charge in [0, 0.05) is 24.8 Å². The molecule has 1 aliphatic rings. The lowest BCUT2D eigenvalue weighted by Crippen LogP contribution is -2.34. The number of hydrogen-bond acceptors (Lipinski definition) is 4. The number of aryl methyl sites for hydroxylation is 1. The molecule has 5 heteroatoms. The molecule has 2 heterocycles. The van der Waals surface area contributed by atoms with Crippen LogP contribution in [0.4, 0.5) is 0 Å². The molecular weight excluding hydrogens is 268 g/mol. The third-order valence-electron chi connectivity index (χ3n) is 3.82. The minimum atomic E-state index is -0.405. The molecule has 1 atom stereocenters. The first-order chi connectivity index (χ1) is 10.0. The molecule has 5 nitrogen and oxygen atoms in total. The predicted molar refractivity (Wildman–Crippen MR) is 79.1 cm³/mol. The summed E-state index contributed by atoms with van der Waals surface area (Å²) < 4.78 is 7.00. The number of rotatable bonds is 5. The third kappa shape index (κ3) is 3.53. The molecule has 1 aromatic heterocycles. The Balaban J connectivity index is 1.96. The number of carbonyl (C=O) groups excluding carboxylic acids is 2. The maximum Gasteiger partial charge on any atom is 0.355 e. The minimum absolute atomic E-state index is 0.0689. The van der Waals surface area contributed by atoms with Crippen LogP contribution in [0.2, 0.25) is 0 Å². The Bertz CT molecular complexity index is 583. The van der Waals surface area contributed by atoms with Gasteiger partial charge in [-0.05, 0) is 32.4 Å². The van der Waals surface area contributed by atoms with Gasteiger partial charge in [-0.3, -0.25) is 9.69 Å². The lowest BCUT2D eigenvalue weighted by Gasteiger charge is -2.21. The van der Waals surface area contributed by atoms with Crippen molar-refractivity contribution in [1.29, 1.82) is 0 Å². The van der Waals surface area contributed by atoms with Crippen molar-refractivity contribution >= 4 is 11.8 Å². The molecule has 21 heavy (non-hydrogen) atoms. The average Bonchev–Trinajstić information content (AvgIpc) is 3.03. The molecule has 0 aliphatic carbocycles. The van der Waals surface area contributed by atoms with Crippen molar-refractivity contribution in [3.05, 3.63) is 23.5 Å². The quantitative estimate of drug-likeness (QED) is 0.468. The summed E-state index contributed by atoms with van der Waals surface area (Å²) in [4.78, 5) is 25.6. The van der Waals surface area contributed by atoms with Crippen LogP contribution in [0, 0.1) is 12.3 Å². The van der Waals surface area contributed by atoms with Crippen LogP contribution in [0.25, 0.3) is 0 Å². The first kappa shape index (κ1) is 15.3. The maximum absolute atomic E-state index is 12.1. The van der Waals surface area contributed by atoms with E-state index in [4.69, 9.17) is 11.2 Å². The lowest BCUT2D eigenvalue weighted by atomic mass is 10.2. The number of aromatic nitrogens is 1. The summed E-state index contributed by atoms with van der Waals surface area (Å²) in [6.45, 7) is 3.34. The number of likely N-dealkylation sites (tertiary alicyclic amines) is 1. The molecule has 0 saturated carbocycles. The number of nitrogens with zero attached hydrogens (tertiary/aromatic N) is 2. The summed E-state index contributed by atoms with van der Waals surface area (Å²) >= 11 is 0. The van der Waals surface area contributed by atoms with Gasteiger partial charge in [0.2, 0.25) is 0 Å². The highest BCUT2D eigenvalue weighted by molar-refractivity contribution is 5.97. The second kappa shape index (κ2) is 6.59. The van der Waals surface area contributed by atoms with Crippen LogP contribution < -0.4 is 0 Å². The molecule has 112 valence electrons. The monoisotopic (exact) mass is 288 g/mol. The number of carbonyl (C=O) groups is 2. The van der Waals surface area contributed by atoms with E-state index < -0.39 is 5.97 Å². The van der Waals surface area contributed by atoms with Crippen LogP contribution in [0.3, 0.4) is 0 Å². The smallest absolute Gasteiger partial charge is 0.355 e. The molecule has 0 unspecified atom stereocenters. The number of ketones is 1. The molecule has 0 amide bonds. The Labute approximate surface area is 124 Å². The number of terminal acetylenes is 1. The van der Waals surface area contributed by atoms with E-state index in [0.717, 1.165) is 19.4 Å². The Morgan fingerprint density at radius 2 is 2.29 bits per heavy atom. The van der Waals surface area contributed by atoms with Gasteiger partial charge in [0.25, 0.3) is 0 Å². The summed E-state index contributed by atoms with van der Waals surface area (Å²) in [6, 6.07) is 1.76. The first-order valence-electron chi connectivity index (χ1n) is 7.05. The molecule has 0 spiro atoms. The van der Waals surface area contributed by atoms with Gasteiger partial charge in [0.1, 0.15) is 12.3 Å². The van der Waals surface area contributed by atoms with Gasteiger partial charge in [0.05, 0.1) is 6.54 Å². The van der Waals surface area contributed by atoms with E-state index >= 15 is 0 Å². The summed E-state index contributed by atoms with van der Waals surface area (Å²) in [5, 5.41) is 0. The summed E-state index contributed by atoms with van der Waals surface area (Å²) in [7, 11) is 1.73. The molecular formula is C16H20N2O3. The molecule has 1 saturated heterocycles. The predicted octanol–water partition coefficient (Wildman–Crippen LogP) is 1.48. The van der Waals surface area contributed by atoms with Crippen LogP contribution in [-0.4, -0.2) is 47.0 Å². The van der Waals surface area contributed by atoms with Crippen molar-refractivity contribution < 1.29 is 14.3 Å². The fourth-order valence-electron chi connectivity index (χ4n) is 2.62. The van der Waals surface area contributed by atoms with Gasteiger partial charge in [-0.15, -0.1) is 6.42 Å². The van der Waals surface area contributed by atoms with E-state index in [2.05, 4.69) is 10.8 Å². The highest BCUT2D eigenvalue weighted by Crippen LogP contribution is 2.17. The molecule has 1 fully saturated rings. The van der Waals surface area contributed by atoms with Gasteiger partial charge in [-0.1, -0.05) is 5.92 Å². The average molecular weight is 288 g/mol. The molecule has 1 aliphatic heterocycles. The molecule has 0 N–H and O–H groups in total. The van der Waals surface area contributed by atoms with E-state index in [1.165, 1.54) is 6.92 Å². The Morgan fingerprint density at radius 1 is 1.52 bits per heavy atom. The number of ether oxygens (including phenoxy) is 1. The van der Waals surface area contributed by atoms with Crippen LogP contribution in [0.5, 0.6) is 0 Å². The highest BCUT2D eigenvalue weighted by atomic mass is 16.5. The number of esters is 1. The molecule has 2 rings (SSSR count). The van der Waals surface area contributed by atoms with Crippen molar-refractivity contribution in [3.63, 3.8) is 0 Å². The molecule has 0 radical (unpaired) electrons. The fraction of sp³-hybridized carbons (Fsp3) is 0.500. The van der Waals surface area contributed by atoms with Crippen molar-refractivity contribution in [1.82, 2.24) is 9.47 Å². The highest BCUT2D eigenvalue weighted by Gasteiger charge is 2.25. The summed E-state index contributed by atoms with van der Waals surface area (Å²) in [6.07, 6.45) is 9.03. The Kier molecular flexibility index (Phi) is 4.81. The zero-order valence-corrected chi connectivity index (χ0v) is 12.5. The summed E-state index contributed by atoms with van der Waals surface area (Å²) in [5.74, 6) is 2.15. The zero-order chi connectivity index (χ0) is 15.4. The fourth-order valence-corrected chi connectivity index (χ4v) is 2.62. The summed E-state index contributed by atoms with van der Waals surface area (Å²) in [5.41, 5.74) is 0.904. The topological polar surface area (TPSA) is 51.5 Å². The maximum atomic E-state index is 12.1. The van der Waals surface area contributed by atoms with Crippen LogP contribution >= 0.6 is 0 Å².